The molecule has 0 amide bonds. The Balaban J connectivity index is 2.50. The van der Waals surface area contributed by atoms with Crippen molar-refractivity contribution in [3.05, 3.63) is 11.4 Å². The first-order valence-corrected chi connectivity index (χ1v) is 7.10. The second-order valence-corrected chi connectivity index (χ2v) is 6.00. The average Bonchev–Trinajstić information content (AvgIpc) is 2.69. The Morgan fingerprint density at radius 3 is 2.50 bits per heavy atom. The Kier molecular flexibility index (Phi) is 3.74. The van der Waals surface area contributed by atoms with Gasteiger partial charge in [0.1, 0.15) is 5.69 Å². The van der Waals surface area contributed by atoms with Gasteiger partial charge in [-0.2, -0.15) is 0 Å². The van der Waals surface area contributed by atoms with Crippen LogP contribution in [0.4, 0.5) is 4.39 Å². The molecule has 0 saturated heterocycles. The molecule has 0 N–H and O–H groups in total. The lowest BCUT2D eigenvalue weighted by Gasteiger charge is -2.30. The highest BCUT2D eigenvalue weighted by atomic mass is 19.1. The highest BCUT2D eigenvalue weighted by Crippen LogP contribution is 2.41. The van der Waals surface area contributed by atoms with Gasteiger partial charge in [0.15, 0.2) is 5.67 Å². The smallest absolute Gasteiger partial charge is 0.158 e. The van der Waals surface area contributed by atoms with Crippen molar-refractivity contribution in [2.45, 2.75) is 71.5 Å². The quantitative estimate of drug-likeness (QED) is 0.802. The van der Waals surface area contributed by atoms with Gasteiger partial charge in [-0.25, -0.2) is 9.07 Å². The van der Waals surface area contributed by atoms with E-state index >= 15 is 4.39 Å². The van der Waals surface area contributed by atoms with Crippen LogP contribution in [0, 0.1) is 5.92 Å². The van der Waals surface area contributed by atoms with Crippen molar-refractivity contribution in [1.82, 2.24) is 15.0 Å². The Morgan fingerprint density at radius 1 is 1.17 bits per heavy atom. The summed E-state index contributed by atoms with van der Waals surface area (Å²) >= 11 is 0. The molecule has 1 aliphatic carbocycles. The average molecular weight is 253 g/mol. The number of halogens is 1. The Hall–Kier alpha value is -0.930. The molecule has 1 aromatic heterocycles. The summed E-state index contributed by atoms with van der Waals surface area (Å²) in [7, 11) is 0. The fraction of sp³-hybridized carbons (Fsp3) is 0.857. The van der Waals surface area contributed by atoms with Crippen LogP contribution >= 0.6 is 0 Å². The molecule has 1 aromatic rings. The Morgan fingerprint density at radius 2 is 1.89 bits per heavy atom. The predicted molar refractivity (Wildman–Crippen MR) is 70.2 cm³/mol. The van der Waals surface area contributed by atoms with E-state index in [1.165, 1.54) is 0 Å². The van der Waals surface area contributed by atoms with Gasteiger partial charge in [-0.1, -0.05) is 25.5 Å². The number of hydrogen-bond acceptors (Lipinski definition) is 2. The molecule has 1 aliphatic rings. The molecule has 1 heterocycles. The number of aromatic nitrogens is 3. The van der Waals surface area contributed by atoms with Gasteiger partial charge >= 0.3 is 0 Å². The van der Waals surface area contributed by atoms with Gasteiger partial charge in [0.2, 0.25) is 0 Å². The van der Waals surface area contributed by atoms with Gasteiger partial charge in [-0.05, 0) is 45.4 Å². The van der Waals surface area contributed by atoms with Crippen LogP contribution < -0.4 is 0 Å². The van der Waals surface area contributed by atoms with Crippen molar-refractivity contribution in [3.63, 3.8) is 0 Å². The second kappa shape index (κ2) is 4.98. The summed E-state index contributed by atoms with van der Waals surface area (Å²) in [4.78, 5) is 0. The van der Waals surface area contributed by atoms with Crippen molar-refractivity contribution in [3.8, 4) is 0 Å². The minimum atomic E-state index is -1.30. The normalized spacial score (nSPS) is 25.1. The maximum absolute atomic E-state index is 15.3. The third kappa shape index (κ3) is 2.17. The van der Waals surface area contributed by atoms with Crippen LogP contribution in [0.3, 0.4) is 0 Å². The first kappa shape index (κ1) is 13.5. The number of alkyl halides is 1. The predicted octanol–water partition coefficient (Wildman–Crippen LogP) is 3.80. The number of rotatable bonds is 2. The lowest BCUT2D eigenvalue weighted by molar-refractivity contribution is 0.0748. The van der Waals surface area contributed by atoms with E-state index in [9.17, 15) is 0 Å². The van der Waals surface area contributed by atoms with Crippen molar-refractivity contribution < 1.29 is 4.39 Å². The van der Waals surface area contributed by atoms with Crippen molar-refractivity contribution >= 4 is 0 Å². The zero-order valence-electron chi connectivity index (χ0n) is 11.9. The van der Waals surface area contributed by atoms with E-state index < -0.39 is 5.67 Å². The zero-order chi connectivity index (χ0) is 13.3. The van der Waals surface area contributed by atoms with Gasteiger partial charge in [-0.3, -0.25) is 0 Å². The molecule has 2 rings (SSSR count). The first-order valence-electron chi connectivity index (χ1n) is 7.10. The molecule has 18 heavy (non-hydrogen) atoms. The second-order valence-electron chi connectivity index (χ2n) is 6.00. The standard InChI is InChI=1S/C14H24FN3/c1-10(2)14(15)9-7-5-6-8-12-13(14)16-17-18(12)11(3)4/h10-11H,5-9H2,1-4H3. The molecule has 0 spiro atoms. The van der Waals surface area contributed by atoms with Gasteiger partial charge in [0.05, 0.1) is 5.69 Å². The lowest BCUT2D eigenvalue weighted by atomic mass is 9.81. The fourth-order valence-corrected chi connectivity index (χ4v) is 2.82. The molecule has 4 heteroatoms. The molecule has 0 fully saturated rings. The molecular weight excluding hydrogens is 229 g/mol. The topological polar surface area (TPSA) is 30.7 Å². The summed E-state index contributed by atoms with van der Waals surface area (Å²) in [6, 6.07) is 0.247. The third-order valence-electron chi connectivity index (χ3n) is 4.04. The van der Waals surface area contributed by atoms with Crippen LogP contribution in [-0.4, -0.2) is 15.0 Å². The van der Waals surface area contributed by atoms with E-state index in [4.69, 9.17) is 0 Å². The molecule has 102 valence electrons. The third-order valence-corrected chi connectivity index (χ3v) is 4.04. The van der Waals surface area contributed by atoms with Crippen LogP contribution in [0.2, 0.25) is 0 Å². The van der Waals surface area contributed by atoms with Gasteiger partial charge in [0, 0.05) is 6.04 Å². The molecule has 0 saturated carbocycles. The van der Waals surface area contributed by atoms with Crippen LogP contribution in [0.25, 0.3) is 0 Å². The lowest BCUT2D eigenvalue weighted by Crippen LogP contribution is -2.30. The highest BCUT2D eigenvalue weighted by Gasteiger charge is 2.41. The molecule has 0 aromatic carbocycles. The largest absolute Gasteiger partial charge is 0.247 e. The van der Waals surface area contributed by atoms with Crippen molar-refractivity contribution in [2.24, 2.45) is 5.92 Å². The summed E-state index contributed by atoms with van der Waals surface area (Å²) in [5.41, 5.74) is 0.315. The zero-order valence-corrected chi connectivity index (χ0v) is 11.9. The summed E-state index contributed by atoms with van der Waals surface area (Å²) in [6.45, 7) is 8.03. The highest BCUT2D eigenvalue weighted by molar-refractivity contribution is 5.21. The molecule has 1 atom stereocenters. The molecular formula is C14H24FN3. The molecule has 1 unspecified atom stereocenters. The minimum Gasteiger partial charge on any atom is -0.247 e. The van der Waals surface area contributed by atoms with E-state index in [2.05, 4.69) is 24.2 Å². The summed E-state index contributed by atoms with van der Waals surface area (Å²) in [5.74, 6) is -0.0494. The van der Waals surface area contributed by atoms with Crippen molar-refractivity contribution in [1.29, 1.82) is 0 Å². The van der Waals surface area contributed by atoms with E-state index in [0.29, 0.717) is 12.1 Å². The molecule has 0 bridgehead atoms. The molecule has 0 aliphatic heterocycles. The van der Waals surface area contributed by atoms with Crippen LogP contribution in [0.5, 0.6) is 0 Å². The van der Waals surface area contributed by atoms with Crippen molar-refractivity contribution in [2.75, 3.05) is 0 Å². The van der Waals surface area contributed by atoms with E-state index in [0.717, 1.165) is 31.4 Å². The van der Waals surface area contributed by atoms with Crippen LogP contribution in [0.1, 0.15) is 70.8 Å². The summed E-state index contributed by atoms with van der Waals surface area (Å²) in [5, 5.41) is 8.38. The molecule has 0 radical (unpaired) electrons. The number of hydrogen-bond donors (Lipinski definition) is 0. The monoisotopic (exact) mass is 253 g/mol. The van der Waals surface area contributed by atoms with Crippen LogP contribution in [0.15, 0.2) is 0 Å². The van der Waals surface area contributed by atoms with E-state index in [1.807, 2.05) is 18.5 Å². The minimum absolute atomic E-state index is 0.0494. The summed E-state index contributed by atoms with van der Waals surface area (Å²) in [6.07, 6.45) is 4.64. The number of nitrogens with zero attached hydrogens (tertiary/aromatic N) is 3. The van der Waals surface area contributed by atoms with Gasteiger partial charge < -0.3 is 0 Å². The SMILES string of the molecule is CC(C)n1nnc2c1CCCCCC2(F)C(C)C. The fourth-order valence-electron chi connectivity index (χ4n) is 2.82. The van der Waals surface area contributed by atoms with E-state index in [1.54, 1.807) is 0 Å². The Bertz CT molecular complexity index is 411. The summed E-state index contributed by atoms with van der Waals surface area (Å²) < 4.78 is 17.2. The first-order chi connectivity index (χ1) is 8.47. The van der Waals surface area contributed by atoms with E-state index in [-0.39, 0.29) is 12.0 Å². The van der Waals surface area contributed by atoms with Gasteiger partial charge in [0.25, 0.3) is 0 Å². The number of fused-ring (bicyclic) bond motifs is 1. The Labute approximate surface area is 109 Å². The molecule has 3 nitrogen and oxygen atoms in total. The van der Waals surface area contributed by atoms with Crippen LogP contribution in [-0.2, 0) is 12.1 Å². The maximum atomic E-state index is 15.3. The maximum Gasteiger partial charge on any atom is 0.158 e. The van der Waals surface area contributed by atoms with Gasteiger partial charge in [-0.15, -0.1) is 5.10 Å².